The second-order valence-electron chi connectivity index (χ2n) is 8.20. The lowest BCUT2D eigenvalue weighted by atomic mass is 9.86. The Morgan fingerprint density at radius 3 is 2.48 bits per heavy atom. The fourth-order valence-corrected chi connectivity index (χ4v) is 5.34. The monoisotopic (exact) mass is 392 g/mol. The molecule has 1 aromatic rings. The number of hydrogen-bond acceptors (Lipinski definition) is 3. The van der Waals surface area contributed by atoms with Gasteiger partial charge in [-0.15, -0.1) is 0 Å². The lowest BCUT2D eigenvalue weighted by molar-refractivity contribution is -0.132. The summed E-state index contributed by atoms with van der Waals surface area (Å²) in [5.41, 5.74) is 2.41. The van der Waals surface area contributed by atoms with Crippen LogP contribution in [0.15, 0.2) is 23.1 Å². The van der Waals surface area contributed by atoms with Crippen molar-refractivity contribution in [2.24, 2.45) is 5.92 Å². The number of sulfonamides is 1. The highest BCUT2D eigenvalue weighted by atomic mass is 32.2. The minimum absolute atomic E-state index is 0.0164. The van der Waals surface area contributed by atoms with Gasteiger partial charge in [-0.25, -0.2) is 13.1 Å². The number of carbonyl (C=O) groups is 1. The standard InChI is InChI=1S/C21H32N2O3S/c1-16-7-10-19(11-8-16)23(2)21(24)13-14-22-27(25,26)20-12-9-17-5-3-4-6-18(17)15-20/h9,12,15-16,19,22H,3-8,10-11,13-14H2,1-2H3. The molecule has 2 aliphatic rings. The molecule has 27 heavy (non-hydrogen) atoms. The van der Waals surface area contributed by atoms with Crippen molar-refractivity contribution >= 4 is 15.9 Å². The van der Waals surface area contributed by atoms with Crippen LogP contribution in [0, 0.1) is 5.92 Å². The van der Waals surface area contributed by atoms with E-state index in [4.69, 9.17) is 0 Å². The first-order valence-electron chi connectivity index (χ1n) is 10.2. The van der Waals surface area contributed by atoms with Gasteiger partial charge in [0.2, 0.25) is 15.9 Å². The number of aryl methyl sites for hydroxylation is 2. The van der Waals surface area contributed by atoms with Crippen LogP contribution < -0.4 is 4.72 Å². The van der Waals surface area contributed by atoms with Gasteiger partial charge in [-0.2, -0.15) is 0 Å². The number of fused-ring (bicyclic) bond motifs is 1. The van der Waals surface area contributed by atoms with E-state index in [9.17, 15) is 13.2 Å². The zero-order chi connectivity index (χ0) is 19.4. The molecule has 150 valence electrons. The van der Waals surface area contributed by atoms with Crippen LogP contribution >= 0.6 is 0 Å². The Balaban J connectivity index is 1.52. The average Bonchev–Trinajstić information content (AvgIpc) is 2.67. The third-order valence-electron chi connectivity index (χ3n) is 6.19. The molecule has 0 atom stereocenters. The van der Waals surface area contributed by atoms with E-state index in [1.54, 1.807) is 12.1 Å². The molecule has 0 aromatic heterocycles. The van der Waals surface area contributed by atoms with Gasteiger partial charge in [-0.1, -0.05) is 13.0 Å². The van der Waals surface area contributed by atoms with Crippen molar-refractivity contribution in [3.8, 4) is 0 Å². The fourth-order valence-electron chi connectivity index (χ4n) is 4.26. The van der Waals surface area contributed by atoms with Gasteiger partial charge in [0, 0.05) is 26.1 Å². The Morgan fingerprint density at radius 1 is 1.11 bits per heavy atom. The van der Waals surface area contributed by atoms with Crippen LogP contribution in [-0.4, -0.2) is 38.9 Å². The summed E-state index contributed by atoms with van der Waals surface area (Å²) in [7, 11) is -1.72. The molecule has 0 unspecified atom stereocenters. The molecule has 1 aromatic carbocycles. The van der Waals surface area contributed by atoms with Crippen molar-refractivity contribution in [2.75, 3.05) is 13.6 Å². The predicted molar refractivity (Wildman–Crippen MR) is 107 cm³/mol. The molecular formula is C21H32N2O3S. The highest BCUT2D eigenvalue weighted by molar-refractivity contribution is 7.89. The van der Waals surface area contributed by atoms with Crippen molar-refractivity contribution in [3.63, 3.8) is 0 Å². The summed E-state index contributed by atoms with van der Waals surface area (Å²) < 4.78 is 27.7. The first kappa shape index (κ1) is 20.3. The summed E-state index contributed by atoms with van der Waals surface area (Å²) >= 11 is 0. The first-order chi connectivity index (χ1) is 12.9. The van der Waals surface area contributed by atoms with Crippen LogP contribution in [0.4, 0.5) is 0 Å². The number of hydrogen-bond donors (Lipinski definition) is 1. The first-order valence-corrected chi connectivity index (χ1v) is 11.7. The van der Waals surface area contributed by atoms with E-state index in [1.807, 2.05) is 18.0 Å². The van der Waals surface area contributed by atoms with Gasteiger partial charge < -0.3 is 4.90 Å². The van der Waals surface area contributed by atoms with Crippen molar-refractivity contribution < 1.29 is 13.2 Å². The summed E-state index contributed by atoms with van der Waals surface area (Å²) in [4.78, 5) is 14.6. The molecule has 0 aliphatic heterocycles. The van der Waals surface area contributed by atoms with Crippen molar-refractivity contribution in [1.29, 1.82) is 0 Å². The zero-order valence-electron chi connectivity index (χ0n) is 16.5. The summed E-state index contributed by atoms with van der Waals surface area (Å²) in [6, 6.07) is 5.72. The van der Waals surface area contributed by atoms with E-state index in [2.05, 4.69) is 11.6 Å². The molecular weight excluding hydrogens is 360 g/mol. The van der Waals surface area contributed by atoms with Gasteiger partial charge >= 0.3 is 0 Å². The van der Waals surface area contributed by atoms with Crippen LogP contribution in [-0.2, 0) is 27.7 Å². The van der Waals surface area contributed by atoms with E-state index < -0.39 is 10.0 Å². The molecule has 3 rings (SSSR count). The smallest absolute Gasteiger partial charge is 0.240 e. The van der Waals surface area contributed by atoms with E-state index >= 15 is 0 Å². The minimum Gasteiger partial charge on any atom is -0.343 e. The molecule has 1 saturated carbocycles. The fraction of sp³-hybridized carbons (Fsp3) is 0.667. The van der Waals surface area contributed by atoms with Gasteiger partial charge in [0.15, 0.2) is 0 Å². The molecule has 1 fully saturated rings. The average molecular weight is 393 g/mol. The van der Waals surface area contributed by atoms with Gasteiger partial charge in [-0.05, 0) is 80.5 Å². The number of benzene rings is 1. The second kappa shape index (κ2) is 8.74. The molecule has 2 aliphatic carbocycles. The molecule has 0 saturated heterocycles. The Morgan fingerprint density at radius 2 is 1.78 bits per heavy atom. The number of nitrogens with one attached hydrogen (secondary N) is 1. The van der Waals surface area contributed by atoms with Crippen molar-refractivity contribution in [3.05, 3.63) is 29.3 Å². The molecule has 1 N–H and O–H groups in total. The van der Waals surface area contributed by atoms with Gasteiger partial charge in [-0.3, -0.25) is 4.79 Å². The van der Waals surface area contributed by atoms with Gasteiger partial charge in [0.05, 0.1) is 4.90 Å². The predicted octanol–water partition coefficient (Wildman–Crippen LogP) is 3.27. The van der Waals surface area contributed by atoms with E-state index in [1.165, 1.54) is 12.0 Å². The van der Waals surface area contributed by atoms with Gasteiger partial charge in [0.25, 0.3) is 0 Å². The molecule has 0 heterocycles. The molecule has 6 heteroatoms. The number of carbonyl (C=O) groups excluding carboxylic acids is 1. The summed E-state index contributed by atoms with van der Waals surface area (Å²) in [5.74, 6) is 0.760. The minimum atomic E-state index is -3.57. The third kappa shape index (κ3) is 5.11. The Bertz CT molecular complexity index is 768. The summed E-state index contributed by atoms with van der Waals surface area (Å²) in [5, 5.41) is 0. The maximum Gasteiger partial charge on any atom is 0.240 e. The highest BCUT2D eigenvalue weighted by Crippen LogP contribution is 2.27. The number of amides is 1. The normalized spacial score (nSPS) is 22.9. The van der Waals surface area contributed by atoms with Crippen LogP contribution in [0.2, 0.25) is 0 Å². The summed E-state index contributed by atoms with van der Waals surface area (Å²) in [6.45, 7) is 2.40. The zero-order valence-corrected chi connectivity index (χ0v) is 17.4. The Kier molecular flexibility index (Phi) is 6.58. The van der Waals surface area contributed by atoms with Crippen LogP contribution in [0.1, 0.15) is 63.0 Å². The van der Waals surface area contributed by atoms with Gasteiger partial charge in [0.1, 0.15) is 0 Å². The van der Waals surface area contributed by atoms with E-state index in [0.717, 1.165) is 56.4 Å². The molecule has 0 bridgehead atoms. The maximum atomic E-state index is 12.6. The maximum absolute atomic E-state index is 12.6. The third-order valence-corrected chi connectivity index (χ3v) is 7.65. The van der Waals surface area contributed by atoms with E-state index in [-0.39, 0.29) is 18.9 Å². The van der Waals surface area contributed by atoms with Crippen LogP contribution in [0.3, 0.4) is 0 Å². The highest BCUT2D eigenvalue weighted by Gasteiger charge is 2.25. The summed E-state index contributed by atoms with van der Waals surface area (Å²) in [6.07, 6.45) is 8.88. The molecule has 1 amide bonds. The quantitative estimate of drug-likeness (QED) is 0.808. The second-order valence-corrected chi connectivity index (χ2v) is 9.97. The topological polar surface area (TPSA) is 66.5 Å². The Hall–Kier alpha value is -1.40. The lowest BCUT2D eigenvalue weighted by Crippen LogP contribution is -2.40. The molecule has 0 radical (unpaired) electrons. The Labute approximate surface area is 163 Å². The van der Waals surface area contributed by atoms with Crippen LogP contribution in [0.5, 0.6) is 0 Å². The molecule has 5 nitrogen and oxygen atoms in total. The SMILES string of the molecule is CC1CCC(N(C)C(=O)CCNS(=O)(=O)c2ccc3c(c2)CCCC3)CC1. The van der Waals surface area contributed by atoms with Crippen LogP contribution in [0.25, 0.3) is 0 Å². The number of nitrogens with zero attached hydrogens (tertiary/aromatic N) is 1. The largest absolute Gasteiger partial charge is 0.343 e. The van der Waals surface area contributed by atoms with Crippen molar-refractivity contribution in [1.82, 2.24) is 9.62 Å². The lowest BCUT2D eigenvalue weighted by Gasteiger charge is -2.33. The van der Waals surface area contributed by atoms with E-state index in [0.29, 0.717) is 10.9 Å². The van der Waals surface area contributed by atoms with Crippen molar-refractivity contribution in [2.45, 2.75) is 75.6 Å². The molecule has 0 spiro atoms. The number of rotatable bonds is 6.